The third kappa shape index (κ3) is 5.43. The third-order valence-corrected chi connectivity index (χ3v) is 6.84. The molecule has 8 heteroatoms. The summed E-state index contributed by atoms with van der Waals surface area (Å²) in [6.07, 6.45) is 0.567. The molecule has 4 heterocycles. The SMILES string of the molecule is CC12COC(CCCC#C[C@@H](O)C3CSC(C)(C)N3C(=O)OC(C)(C)C)(OC1)OC2. The van der Waals surface area contributed by atoms with Crippen molar-refractivity contribution < 1.29 is 28.8 Å². The highest BCUT2D eigenvalue weighted by atomic mass is 32.2. The number of unbranched alkanes of at least 4 members (excludes halogenated alkanes) is 1. The molecule has 4 aliphatic rings. The quantitative estimate of drug-likeness (QED) is 0.529. The summed E-state index contributed by atoms with van der Waals surface area (Å²) in [5.41, 5.74) is -0.637. The Balaban J connectivity index is 1.52. The van der Waals surface area contributed by atoms with Crippen LogP contribution in [-0.2, 0) is 18.9 Å². The third-order valence-electron chi connectivity index (χ3n) is 5.43. The van der Waals surface area contributed by atoms with Gasteiger partial charge in [-0.2, -0.15) is 0 Å². The number of ether oxygens (including phenoxy) is 4. The average Bonchev–Trinajstić information content (AvgIpc) is 2.96. The van der Waals surface area contributed by atoms with Crippen LogP contribution in [0.1, 0.15) is 60.8 Å². The molecule has 4 fully saturated rings. The first-order valence-corrected chi connectivity index (χ1v) is 11.6. The van der Waals surface area contributed by atoms with Crippen molar-refractivity contribution in [1.29, 1.82) is 0 Å². The summed E-state index contributed by atoms with van der Waals surface area (Å²) in [6, 6.07) is -0.407. The number of nitrogens with zero attached hydrogens (tertiary/aromatic N) is 1. The monoisotopic (exact) mass is 441 g/mol. The largest absolute Gasteiger partial charge is 0.444 e. The molecule has 170 valence electrons. The topological polar surface area (TPSA) is 77.5 Å². The lowest BCUT2D eigenvalue weighted by atomic mass is 9.91. The number of amides is 1. The fourth-order valence-electron chi connectivity index (χ4n) is 3.72. The van der Waals surface area contributed by atoms with Crippen LogP contribution in [0.4, 0.5) is 4.79 Å². The van der Waals surface area contributed by atoms with Crippen LogP contribution in [-0.4, -0.2) is 70.3 Å². The second-order valence-corrected chi connectivity index (χ2v) is 11.8. The molecule has 30 heavy (non-hydrogen) atoms. The van der Waals surface area contributed by atoms with E-state index >= 15 is 0 Å². The first-order chi connectivity index (χ1) is 13.9. The molecule has 2 atom stereocenters. The molecule has 0 aromatic rings. The van der Waals surface area contributed by atoms with Crippen molar-refractivity contribution in [2.45, 2.75) is 89.4 Å². The Labute approximate surface area is 184 Å². The highest BCUT2D eigenvalue weighted by Gasteiger charge is 2.50. The number of fused-ring (bicyclic) bond motifs is 3. The summed E-state index contributed by atoms with van der Waals surface area (Å²) in [6.45, 7) is 13.5. The minimum Gasteiger partial charge on any atom is -0.444 e. The van der Waals surface area contributed by atoms with Crippen LogP contribution in [0, 0.1) is 17.3 Å². The van der Waals surface area contributed by atoms with E-state index in [1.165, 1.54) is 0 Å². The molecular formula is C22H35NO6S. The fraction of sp³-hybridized carbons (Fsp3) is 0.864. The van der Waals surface area contributed by atoms with Crippen LogP contribution in [0.2, 0.25) is 0 Å². The van der Waals surface area contributed by atoms with E-state index in [0.717, 1.165) is 6.42 Å². The Hall–Kier alpha value is -0.980. The number of hydrogen-bond acceptors (Lipinski definition) is 7. The van der Waals surface area contributed by atoms with Crippen molar-refractivity contribution in [2.75, 3.05) is 25.6 Å². The molecule has 0 aromatic carbocycles. The highest BCUT2D eigenvalue weighted by Crippen LogP contribution is 2.41. The van der Waals surface area contributed by atoms with Crippen LogP contribution in [0.3, 0.4) is 0 Å². The van der Waals surface area contributed by atoms with Gasteiger partial charge in [0, 0.05) is 24.0 Å². The number of aliphatic hydroxyl groups is 1. The van der Waals surface area contributed by atoms with Gasteiger partial charge in [-0.3, -0.25) is 4.90 Å². The summed E-state index contributed by atoms with van der Waals surface area (Å²) < 4.78 is 22.9. The predicted octanol–water partition coefficient (Wildman–Crippen LogP) is 3.35. The minimum atomic E-state index is -0.933. The average molecular weight is 442 g/mol. The van der Waals surface area contributed by atoms with Crippen LogP contribution in [0.5, 0.6) is 0 Å². The van der Waals surface area contributed by atoms with Gasteiger partial charge in [0.15, 0.2) is 0 Å². The zero-order chi connectivity index (χ0) is 22.2. The summed E-state index contributed by atoms with van der Waals surface area (Å²) >= 11 is 1.62. The molecule has 7 nitrogen and oxygen atoms in total. The molecule has 0 aromatic heterocycles. The minimum absolute atomic E-state index is 0.0429. The van der Waals surface area contributed by atoms with Crippen LogP contribution in [0.15, 0.2) is 0 Å². The maximum Gasteiger partial charge on any atom is 0.411 e. The van der Waals surface area contributed by atoms with E-state index in [2.05, 4.69) is 18.8 Å². The molecule has 1 amide bonds. The Bertz CT molecular complexity index is 682. The summed E-state index contributed by atoms with van der Waals surface area (Å²) in [4.78, 5) is 13.9. The van der Waals surface area contributed by atoms with Gasteiger partial charge in [0.25, 0.3) is 5.97 Å². The molecule has 0 saturated carbocycles. The molecular weight excluding hydrogens is 406 g/mol. The van der Waals surface area contributed by atoms with Crippen LogP contribution < -0.4 is 0 Å². The standard InChI is InChI=1S/C22H35NO6S/c1-19(2,3)29-18(25)23-16(12-30-20(23,4)5)17(24)10-8-7-9-11-22-26-13-21(6,14-27-22)15-28-22/h16-17,24H,7,9,11-15H2,1-6H3/t16?,17-,21?,22?/m1/s1. The molecule has 1 N–H and O–H groups in total. The number of rotatable bonds is 4. The maximum atomic E-state index is 12.7. The van der Waals surface area contributed by atoms with Gasteiger partial charge in [-0.05, 0) is 41.0 Å². The highest BCUT2D eigenvalue weighted by molar-refractivity contribution is 8.00. The number of thioether (sulfide) groups is 1. The Morgan fingerprint density at radius 3 is 2.40 bits per heavy atom. The molecule has 4 rings (SSSR count). The van der Waals surface area contributed by atoms with E-state index in [4.69, 9.17) is 18.9 Å². The van der Waals surface area contributed by atoms with E-state index in [-0.39, 0.29) is 5.41 Å². The van der Waals surface area contributed by atoms with E-state index in [0.29, 0.717) is 38.4 Å². The van der Waals surface area contributed by atoms with E-state index in [1.807, 2.05) is 34.6 Å². The first-order valence-electron chi connectivity index (χ1n) is 10.6. The summed E-state index contributed by atoms with van der Waals surface area (Å²) in [5, 5.41) is 10.7. The van der Waals surface area contributed by atoms with Crippen LogP contribution >= 0.6 is 11.8 Å². The van der Waals surface area contributed by atoms with Gasteiger partial charge >= 0.3 is 6.09 Å². The van der Waals surface area contributed by atoms with Gasteiger partial charge < -0.3 is 24.1 Å². The van der Waals surface area contributed by atoms with Gasteiger partial charge in [0.05, 0.1) is 30.7 Å². The molecule has 0 aliphatic carbocycles. The van der Waals surface area contributed by atoms with Crippen molar-refractivity contribution in [2.24, 2.45) is 5.41 Å². The summed E-state index contributed by atoms with van der Waals surface area (Å²) in [5.74, 6) is 5.64. The lowest BCUT2D eigenvalue weighted by Crippen LogP contribution is -2.58. The van der Waals surface area contributed by atoms with Crippen molar-refractivity contribution in [3.63, 3.8) is 0 Å². The van der Waals surface area contributed by atoms with Gasteiger partial charge in [-0.25, -0.2) is 4.79 Å². The van der Waals surface area contributed by atoms with Gasteiger partial charge in [-0.1, -0.05) is 12.8 Å². The Kier molecular flexibility index (Phi) is 6.72. The van der Waals surface area contributed by atoms with Crippen molar-refractivity contribution in [3.8, 4) is 11.8 Å². The van der Waals surface area contributed by atoms with Crippen molar-refractivity contribution in [3.05, 3.63) is 0 Å². The lowest BCUT2D eigenvalue weighted by molar-refractivity contribution is -0.467. The zero-order valence-electron chi connectivity index (χ0n) is 18.9. The van der Waals surface area contributed by atoms with E-state index in [1.54, 1.807) is 16.7 Å². The second-order valence-electron chi connectivity index (χ2n) is 10.2. The summed E-state index contributed by atoms with van der Waals surface area (Å²) in [7, 11) is 0. The second kappa shape index (κ2) is 8.51. The van der Waals surface area contributed by atoms with Crippen LogP contribution in [0.25, 0.3) is 0 Å². The van der Waals surface area contributed by atoms with E-state index in [9.17, 15) is 9.90 Å². The van der Waals surface area contributed by atoms with Gasteiger partial charge in [0.2, 0.25) is 0 Å². The number of carbonyl (C=O) groups excluding carboxylic acids is 1. The predicted molar refractivity (Wildman–Crippen MR) is 115 cm³/mol. The maximum absolute atomic E-state index is 12.7. The van der Waals surface area contributed by atoms with E-state index < -0.39 is 34.7 Å². The van der Waals surface area contributed by atoms with Gasteiger partial charge in [-0.15, -0.1) is 17.7 Å². The molecule has 0 spiro atoms. The number of aliphatic hydroxyl groups excluding tert-OH is 1. The Morgan fingerprint density at radius 2 is 1.83 bits per heavy atom. The molecule has 1 unspecified atom stereocenters. The number of hydrogen-bond donors (Lipinski definition) is 1. The van der Waals surface area contributed by atoms with Gasteiger partial charge in [0.1, 0.15) is 11.7 Å². The smallest absolute Gasteiger partial charge is 0.411 e. The first kappa shape index (κ1) is 23.7. The fourth-order valence-corrected chi connectivity index (χ4v) is 4.98. The molecule has 0 radical (unpaired) electrons. The lowest BCUT2D eigenvalue weighted by Gasteiger charge is -2.50. The zero-order valence-corrected chi connectivity index (χ0v) is 19.8. The number of carbonyl (C=O) groups is 1. The van der Waals surface area contributed by atoms with Crippen molar-refractivity contribution in [1.82, 2.24) is 4.90 Å². The normalized spacial score (nSPS) is 33.7. The molecule has 2 bridgehead atoms. The Morgan fingerprint density at radius 1 is 1.23 bits per heavy atom. The van der Waals surface area contributed by atoms with Crippen molar-refractivity contribution >= 4 is 17.9 Å². The molecule has 4 saturated heterocycles. The molecule has 4 aliphatic heterocycles.